The average Bonchev–Trinajstić information content (AvgIpc) is 3.10. The Bertz CT molecular complexity index is 1420. The van der Waals surface area contributed by atoms with Crippen molar-refractivity contribution in [3.05, 3.63) is 114 Å². The molecule has 3 aromatic carbocycles. The highest BCUT2D eigenvalue weighted by Crippen LogP contribution is 2.64. The van der Waals surface area contributed by atoms with Crippen LogP contribution in [0.1, 0.15) is 28.2 Å². The number of hydrogen-bond acceptors (Lipinski definition) is 6. The van der Waals surface area contributed by atoms with Crippen LogP contribution in [-0.4, -0.2) is 21.7 Å². The molecule has 0 unspecified atom stereocenters. The summed E-state index contributed by atoms with van der Waals surface area (Å²) in [5.74, 6) is -4.38. The number of carbonyl (C=O) groups is 2. The van der Waals surface area contributed by atoms with Gasteiger partial charge in [0.25, 0.3) is 11.2 Å². The van der Waals surface area contributed by atoms with Gasteiger partial charge in [-0.2, -0.15) is 0 Å². The van der Waals surface area contributed by atoms with E-state index in [0.717, 1.165) is 17.0 Å². The highest BCUT2D eigenvalue weighted by molar-refractivity contribution is 6.36. The summed E-state index contributed by atoms with van der Waals surface area (Å²) in [5, 5.41) is 24.2. The lowest BCUT2D eigenvalue weighted by molar-refractivity contribution is -0.578. The Hall–Kier alpha value is -4.11. The zero-order valence-electron chi connectivity index (χ0n) is 17.3. The van der Waals surface area contributed by atoms with E-state index in [-0.39, 0.29) is 16.4 Å². The van der Waals surface area contributed by atoms with E-state index in [4.69, 9.17) is 11.6 Å². The zero-order valence-corrected chi connectivity index (χ0v) is 18.0. The number of nitrogens with zero attached hydrogens (tertiary/aromatic N) is 3. The maximum absolute atomic E-state index is 13.9. The van der Waals surface area contributed by atoms with Gasteiger partial charge in [-0.1, -0.05) is 60.1 Å². The van der Waals surface area contributed by atoms with E-state index in [1.165, 1.54) is 6.07 Å². The van der Waals surface area contributed by atoms with Crippen LogP contribution in [0.4, 0.5) is 11.4 Å². The van der Waals surface area contributed by atoms with Crippen molar-refractivity contribution < 1.29 is 19.4 Å². The molecule has 0 N–H and O–H groups in total. The van der Waals surface area contributed by atoms with Crippen LogP contribution in [0.3, 0.4) is 0 Å². The smallest absolute Gasteiger partial charge is 0.274 e. The van der Waals surface area contributed by atoms with E-state index in [2.05, 4.69) is 0 Å². The fourth-order valence-corrected chi connectivity index (χ4v) is 6.27. The van der Waals surface area contributed by atoms with Gasteiger partial charge in [0.1, 0.15) is 5.92 Å². The summed E-state index contributed by atoms with van der Waals surface area (Å²) in [5.41, 5.74) is -0.434. The SMILES string of the molecule is O=C1[C@@H]2[C@@H](C(=O)N1c1cc([N+](=O)[O-])ccc1Cl)C1c3ccccc3C2([N+](=O)[O-])c2ccccc21. The van der Waals surface area contributed by atoms with Crippen LogP contribution in [0.2, 0.25) is 5.02 Å². The van der Waals surface area contributed by atoms with E-state index in [9.17, 15) is 29.8 Å². The zero-order chi connectivity index (χ0) is 23.9. The molecular weight excluding hydrogens is 462 g/mol. The third kappa shape index (κ3) is 2.24. The molecule has 0 radical (unpaired) electrons. The quantitative estimate of drug-likeness (QED) is 0.320. The summed E-state index contributed by atoms with van der Waals surface area (Å²) in [6.07, 6.45) is 0. The standard InChI is InChI=1S/C24H14ClN3O6/c25-17-10-9-12(27(31)32)11-18(17)26-22(29)20-19-13-5-1-3-7-15(13)24(28(33)34,21(20)23(26)30)16-8-4-2-6-14(16)19/h1-11,19-21H/t19?,20-,21-,24?/m0/s1. The first-order valence-electron chi connectivity index (χ1n) is 10.4. The van der Waals surface area contributed by atoms with E-state index in [0.29, 0.717) is 22.3 Å². The van der Waals surface area contributed by atoms with Gasteiger partial charge in [0, 0.05) is 34.1 Å². The molecule has 1 aliphatic heterocycles. The van der Waals surface area contributed by atoms with Gasteiger partial charge in [-0.25, -0.2) is 4.90 Å². The van der Waals surface area contributed by atoms with Crippen LogP contribution in [0.15, 0.2) is 66.7 Å². The molecule has 7 rings (SSSR count). The Kier molecular flexibility index (Phi) is 4.04. The molecule has 9 nitrogen and oxygen atoms in total. The minimum Gasteiger partial charge on any atom is -0.274 e. The number of anilines is 1. The molecule has 10 heteroatoms. The number of imide groups is 1. The molecule has 1 saturated heterocycles. The summed E-state index contributed by atoms with van der Waals surface area (Å²) in [4.78, 5) is 51.6. The summed E-state index contributed by atoms with van der Waals surface area (Å²) < 4.78 is 0. The second kappa shape index (κ2) is 6.71. The first kappa shape index (κ1) is 20.5. The molecule has 3 aliphatic carbocycles. The molecule has 0 aromatic heterocycles. The van der Waals surface area contributed by atoms with Gasteiger partial charge in [0.2, 0.25) is 11.8 Å². The Balaban J connectivity index is 1.65. The summed E-state index contributed by atoms with van der Waals surface area (Å²) in [7, 11) is 0. The Morgan fingerprint density at radius 3 is 2.00 bits per heavy atom. The maximum atomic E-state index is 13.9. The van der Waals surface area contributed by atoms with Gasteiger partial charge in [0.05, 0.1) is 21.6 Å². The van der Waals surface area contributed by atoms with Crippen molar-refractivity contribution in [1.82, 2.24) is 0 Å². The predicted octanol–water partition coefficient (Wildman–Crippen LogP) is 4.03. The molecule has 3 aromatic rings. The molecule has 4 aliphatic rings. The molecule has 168 valence electrons. The van der Waals surface area contributed by atoms with Crippen LogP contribution in [0, 0.1) is 32.1 Å². The normalized spacial score (nSPS) is 26.1. The van der Waals surface area contributed by atoms with Gasteiger partial charge in [-0.3, -0.25) is 29.8 Å². The van der Waals surface area contributed by atoms with Crippen LogP contribution >= 0.6 is 11.6 Å². The second-order valence-electron chi connectivity index (χ2n) is 8.58. The van der Waals surface area contributed by atoms with Crippen molar-refractivity contribution >= 4 is 34.8 Å². The fraction of sp³-hybridized carbons (Fsp3) is 0.167. The Morgan fingerprint density at radius 2 is 1.44 bits per heavy atom. The summed E-state index contributed by atoms with van der Waals surface area (Å²) in [6, 6.07) is 17.1. The topological polar surface area (TPSA) is 124 Å². The van der Waals surface area contributed by atoms with Gasteiger partial charge in [0.15, 0.2) is 0 Å². The lowest BCUT2D eigenvalue weighted by atomic mass is 9.51. The van der Waals surface area contributed by atoms with E-state index >= 15 is 0 Å². The van der Waals surface area contributed by atoms with Crippen molar-refractivity contribution in [3.8, 4) is 0 Å². The number of nitro groups is 2. The van der Waals surface area contributed by atoms with Gasteiger partial charge in [-0.05, 0) is 17.2 Å². The third-order valence-electron chi connectivity index (χ3n) is 7.24. The average molecular weight is 476 g/mol. The van der Waals surface area contributed by atoms with Gasteiger partial charge < -0.3 is 0 Å². The lowest BCUT2D eigenvalue weighted by Gasteiger charge is -2.48. The van der Waals surface area contributed by atoms with Crippen LogP contribution < -0.4 is 4.90 Å². The van der Waals surface area contributed by atoms with Gasteiger partial charge in [-0.15, -0.1) is 0 Å². The number of hydrogen-bond donors (Lipinski definition) is 0. The lowest BCUT2D eigenvalue weighted by Crippen LogP contribution is -2.57. The number of benzene rings is 3. The minimum absolute atomic E-state index is 0.0384. The van der Waals surface area contributed by atoms with Crippen LogP contribution in [0.5, 0.6) is 0 Å². The number of nitro benzene ring substituents is 1. The fourth-order valence-electron chi connectivity index (χ4n) is 6.07. The molecule has 34 heavy (non-hydrogen) atoms. The Morgan fingerprint density at radius 1 is 0.853 bits per heavy atom. The number of halogens is 1. The molecule has 0 spiro atoms. The number of rotatable bonds is 3. The molecule has 2 bridgehead atoms. The van der Waals surface area contributed by atoms with Gasteiger partial charge >= 0.3 is 0 Å². The second-order valence-corrected chi connectivity index (χ2v) is 8.99. The monoisotopic (exact) mass is 475 g/mol. The van der Waals surface area contributed by atoms with Crippen molar-refractivity contribution in [1.29, 1.82) is 0 Å². The Labute approximate surface area is 196 Å². The minimum atomic E-state index is -1.97. The van der Waals surface area contributed by atoms with E-state index in [1.807, 2.05) is 0 Å². The first-order valence-corrected chi connectivity index (χ1v) is 10.8. The van der Waals surface area contributed by atoms with Crippen molar-refractivity contribution in [2.75, 3.05) is 4.90 Å². The summed E-state index contributed by atoms with van der Waals surface area (Å²) >= 11 is 6.27. The number of carbonyl (C=O) groups excluding carboxylic acids is 2. The van der Waals surface area contributed by atoms with Crippen molar-refractivity contribution in [2.24, 2.45) is 11.8 Å². The first-order chi connectivity index (χ1) is 16.3. The molecule has 2 amide bonds. The number of non-ortho nitro benzene ring substituents is 1. The third-order valence-corrected chi connectivity index (χ3v) is 7.56. The highest BCUT2D eigenvalue weighted by Gasteiger charge is 2.75. The van der Waals surface area contributed by atoms with Crippen LogP contribution in [0.25, 0.3) is 0 Å². The van der Waals surface area contributed by atoms with Crippen LogP contribution in [-0.2, 0) is 15.1 Å². The molecule has 1 fully saturated rings. The molecular formula is C24H14ClN3O6. The molecule has 0 saturated carbocycles. The molecule has 1 heterocycles. The predicted molar refractivity (Wildman–Crippen MR) is 120 cm³/mol. The highest BCUT2D eigenvalue weighted by atomic mass is 35.5. The summed E-state index contributed by atoms with van der Waals surface area (Å²) in [6.45, 7) is 0. The molecule has 2 atom stereocenters. The maximum Gasteiger partial charge on any atom is 0.285 e. The number of amides is 2. The van der Waals surface area contributed by atoms with Crippen molar-refractivity contribution in [2.45, 2.75) is 11.5 Å². The van der Waals surface area contributed by atoms with Crippen molar-refractivity contribution in [3.63, 3.8) is 0 Å². The van der Waals surface area contributed by atoms with E-state index < -0.39 is 45.0 Å². The van der Waals surface area contributed by atoms with E-state index in [1.54, 1.807) is 48.5 Å². The largest absolute Gasteiger partial charge is 0.285 e.